The second-order valence-corrected chi connectivity index (χ2v) is 15.6. The van der Waals surface area contributed by atoms with Crippen LogP contribution >= 0.6 is 34.0 Å². The Hall–Kier alpha value is -3.70. The van der Waals surface area contributed by atoms with Gasteiger partial charge in [-0.3, -0.25) is 0 Å². The number of thiophene rings is 3. The van der Waals surface area contributed by atoms with Crippen LogP contribution in [0, 0.1) is 0 Å². The SMILES string of the molecule is C=C1c2cc(-c3cccs3)cc3c2N2c4c1cc(-c1cccs1)cc4C(C)(C)c1cc(-c4cccs4)cc(c12)C3(C)C. The van der Waals surface area contributed by atoms with E-state index in [1.54, 1.807) is 0 Å². The quantitative estimate of drug-likeness (QED) is 0.196. The van der Waals surface area contributed by atoms with Crippen molar-refractivity contribution < 1.29 is 0 Å². The molecule has 0 N–H and O–H groups in total. The second kappa shape index (κ2) is 8.23. The third kappa shape index (κ3) is 3.07. The molecule has 4 heteroatoms. The van der Waals surface area contributed by atoms with Crippen molar-refractivity contribution in [1.29, 1.82) is 0 Å². The van der Waals surface area contributed by atoms with Gasteiger partial charge in [0.2, 0.25) is 0 Å². The molecule has 6 heterocycles. The zero-order valence-electron chi connectivity index (χ0n) is 24.0. The molecule has 0 atom stereocenters. The van der Waals surface area contributed by atoms with Crippen LogP contribution in [0.3, 0.4) is 0 Å². The van der Waals surface area contributed by atoms with Crippen LogP contribution in [0.25, 0.3) is 36.9 Å². The summed E-state index contributed by atoms with van der Waals surface area (Å²) < 4.78 is 0. The summed E-state index contributed by atoms with van der Waals surface area (Å²) >= 11 is 5.45. The van der Waals surface area contributed by atoms with Gasteiger partial charge in [-0.15, -0.1) is 34.0 Å². The van der Waals surface area contributed by atoms with Crippen molar-refractivity contribution in [1.82, 2.24) is 0 Å². The van der Waals surface area contributed by atoms with E-state index in [0.29, 0.717) is 0 Å². The fourth-order valence-electron chi connectivity index (χ4n) is 7.52. The average molecular weight is 596 g/mol. The molecule has 0 fully saturated rings. The van der Waals surface area contributed by atoms with Gasteiger partial charge in [0, 0.05) is 36.6 Å². The van der Waals surface area contributed by atoms with Gasteiger partial charge in [0.15, 0.2) is 0 Å². The number of anilines is 3. The van der Waals surface area contributed by atoms with Gasteiger partial charge in [0.1, 0.15) is 0 Å². The Bertz CT molecular complexity index is 1960. The van der Waals surface area contributed by atoms with E-state index < -0.39 is 0 Å². The van der Waals surface area contributed by atoms with Gasteiger partial charge in [-0.2, -0.15) is 0 Å². The lowest BCUT2D eigenvalue weighted by Crippen LogP contribution is -2.40. The lowest BCUT2D eigenvalue weighted by molar-refractivity contribution is 0.596. The highest BCUT2D eigenvalue weighted by atomic mass is 32.1. The minimum absolute atomic E-state index is 0.187. The first-order valence-corrected chi connectivity index (χ1v) is 17.1. The van der Waals surface area contributed by atoms with Crippen molar-refractivity contribution in [2.24, 2.45) is 0 Å². The van der Waals surface area contributed by atoms with Crippen LogP contribution in [-0.2, 0) is 10.8 Å². The van der Waals surface area contributed by atoms with Crippen molar-refractivity contribution in [2.75, 3.05) is 4.90 Å². The number of benzene rings is 3. The van der Waals surface area contributed by atoms with Gasteiger partial charge >= 0.3 is 0 Å². The highest BCUT2D eigenvalue weighted by molar-refractivity contribution is 7.14. The Kier molecular flexibility index (Phi) is 4.87. The molecule has 204 valence electrons. The topological polar surface area (TPSA) is 3.24 Å². The summed E-state index contributed by atoms with van der Waals surface area (Å²) in [5.74, 6) is 0. The predicted molar refractivity (Wildman–Crippen MR) is 183 cm³/mol. The van der Waals surface area contributed by atoms with Gasteiger partial charge in [0.05, 0.1) is 17.1 Å². The molecule has 0 saturated carbocycles. The largest absolute Gasteiger partial charge is 0.308 e. The molecule has 9 rings (SSSR count). The smallest absolute Gasteiger partial charge is 0.0581 e. The monoisotopic (exact) mass is 595 g/mol. The Labute approximate surface area is 259 Å². The van der Waals surface area contributed by atoms with Gasteiger partial charge in [-0.25, -0.2) is 0 Å². The van der Waals surface area contributed by atoms with Crippen LogP contribution in [0.15, 0.2) is 95.5 Å². The molecule has 0 aliphatic carbocycles. The molecule has 3 aromatic heterocycles. The summed E-state index contributed by atoms with van der Waals surface area (Å²) in [6.45, 7) is 14.5. The molecule has 0 saturated heterocycles. The highest BCUT2D eigenvalue weighted by Crippen LogP contribution is 2.66. The molecule has 0 unspecified atom stereocenters. The van der Waals surface area contributed by atoms with Crippen LogP contribution < -0.4 is 4.90 Å². The lowest BCUT2D eigenvalue weighted by Gasteiger charge is -2.53. The summed E-state index contributed by atoms with van der Waals surface area (Å²) in [7, 11) is 0. The van der Waals surface area contributed by atoms with Crippen molar-refractivity contribution in [3.05, 3.63) is 129 Å². The van der Waals surface area contributed by atoms with Gasteiger partial charge in [-0.05, 0) is 115 Å². The van der Waals surface area contributed by atoms with Gasteiger partial charge < -0.3 is 4.90 Å². The normalized spacial score (nSPS) is 16.5. The van der Waals surface area contributed by atoms with E-state index in [1.165, 1.54) is 81.8 Å². The maximum absolute atomic E-state index is 4.82. The second-order valence-electron chi connectivity index (χ2n) is 12.8. The third-order valence-electron chi connectivity index (χ3n) is 9.76. The molecule has 0 amide bonds. The van der Waals surface area contributed by atoms with Crippen molar-refractivity contribution in [2.45, 2.75) is 38.5 Å². The molecule has 0 radical (unpaired) electrons. The van der Waals surface area contributed by atoms with E-state index in [9.17, 15) is 0 Å². The fraction of sp³-hybridized carbons (Fsp3) is 0.158. The zero-order valence-corrected chi connectivity index (χ0v) is 26.5. The Morgan fingerprint density at radius 2 is 0.881 bits per heavy atom. The number of nitrogens with zero attached hydrogens (tertiary/aromatic N) is 1. The number of hydrogen-bond acceptors (Lipinski definition) is 4. The Balaban J connectivity index is 1.45. The average Bonchev–Trinajstić information content (AvgIpc) is 3.79. The van der Waals surface area contributed by atoms with Crippen LogP contribution in [0.5, 0.6) is 0 Å². The number of hydrogen-bond donors (Lipinski definition) is 0. The van der Waals surface area contributed by atoms with Crippen LogP contribution in [0.4, 0.5) is 17.1 Å². The third-order valence-corrected chi connectivity index (χ3v) is 12.5. The number of rotatable bonds is 3. The van der Waals surface area contributed by atoms with Crippen LogP contribution in [0.1, 0.15) is 61.1 Å². The van der Waals surface area contributed by atoms with Crippen LogP contribution in [-0.4, -0.2) is 0 Å². The Morgan fingerprint density at radius 1 is 0.524 bits per heavy atom. The van der Waals surface area contributed by atoms with E-state index >= 15 is 0 Å². The summed E-state index contributed by atoms with van der Waals surface area (Å²) in [5.41, 5.74) is 16.7. The maximum Gasteiger partial charge on any atom is 0.0581 e. The molecule has 3 aromatic carbocycles. The predicted octanol–water partition coefficient (Wildman–Crippen LogP) is 12.0. The first-order chi connectivity index (χ1) is 20.2. The minimum atomic E-state index is -0.187. The van der Waals surface area contributed by atoms with Crippen LogP contribution in [0.2, 0.25) is 0 Å². The zero-order chi connectivity index (χ0) is 28.5. The van der Waals surface area contributed by atoms with E-state index in [2.05, 4.69) is 122 Å². The molecular weight excluding hydrogens is 567 g/mol. The molecule has 42 heavy (non-hydrogen) atoms. The van der Waals surface area contributed by atoms with E-state index in [1.807, 2.05) is 34.0 Å². The van der Waals surface area contributed by atoms with Gasteiger partial charge in [-0.1, -0.05) is 52.5 Å². The summed E-state index contributed by atoms with van der Waals surface area (Å²) in [5, 5.41) is 6.55. The highest BCUT2D eigenvalue weighted by Gasteiger charge is 2.49. The molecule has 0 bridgehead atoms. The van der Waals surface area contributed by atoms with Crippen molar-refractivity contribution in [3.63, 3.8) is 0 Å². The minimum Gasteiger partial charge on any atom is -0.308 e. The molecule has 3 aliphatic rings. The maximum atomic E-state index is 4.82. The first kappa shape index (κ1) is 24.9. The molecule has 6 aromatic rings. The Morgan fingerprint density at radius 3 is 1.24 bits per heavy atom. The first-order valence-electron chi connectivity index (χ1n) is 14.4. The van der Waals surface area contributed by atoms with E-state index in [0.717, 1.165) is 5.57 Å². The fourth-order valence-corrected chi connectivity index (χ4v) is 9.66. The molecule has 3 aliphatic heterocycles. The lowest BCUT2D eigenvalue weighted by atomic mass is 9.63. The standard InChI is InChI=1S/C38H29NS3/c1-21-25-15-22(31-9-6-12-40-31)17-27-34(25)39-35-26(21)16-23(32-10-7-13-41-32)18-28(35)38(4,5)30-20-24(33-11-8-14-42-33)19-29(36(30)39)37(27,2)3/h6-20H,1H2,2-5H3. The van der Waals surface area contributed by atoms with Gasteiger partial charge in [0.25, 0.3) is 0 Å². The molecular formula is C38H29NS3. The molecule has 1 nitrogen and oxygen atoms in total. The summed E-state index contributed by atoms with van der Waals surface area (Å²) in [4.78, 5) is 6.55. The summed E-state index contributed by atoms with van der Waals surface area (Å²) in [6.07, 6.45) is 0. The van der Waals surface area contributed by atoms with E-state index in [-0.39, 0.29) is 10.8 Å². The van der Waals surface area contributed by atoms with E-state index in [4.69, 9.17) is 6.58 Å². The van der Waals surface area contributed by atoms with Crippen molar-refractivity contribution in [3.8, 4) is 31.3 Å². The van der Waals surface area contributed by atoms with Crippen molar-refractivity contribution >= 4 is 56.6 Å². The molecule has 0 spiro atoms. The summed E-state index contributed by atoms with van der Waals surface area (Å²) in [6, 6.07) is 27.9.